The normalized spacial score (nSPS) is 10.3. The van der Waals surface area contributed by atoms with Crippen molar-refractivity contribution >= 4 is 17.5 Å². The molecule has 2 rings (SSSR count). The molecule has 2 aromatic rings. The molecule has 0 saturated carbocycles. The number of benzene rings is 1. The largest absolute Gasteiger partial charge is 0.352 e. The Balaban J connectivity index is 2.08. The quantitative estimate of drug-likeness (QED) is 0.891. The third-order valence-electron chi connectivity index (χ3n) is 2.53. The molecule has 18 heavy (non-hydrogen) atoms. The van der Waals surface area contributed by atoms with Crippen LogP contribution in [0.5, 0.6) is 0 Å². The number of hydrogen-bond donors (Lipinski definition) is 2. The molecule has 2 N–H and O–H groups in total. The zero-order valence-electron chi connectivity index (χ0n) is 10.0. The van der Waals surface area contributed by atoms with Crippen LogP contribution in [0.1, 0.15) is 18.2 Å². The first-order valence-electron chi connectivity index (χ1n) is 5.76. The first-order valence-corrected chi connectivity index (χ1v) is 6.13. The number of nitrogens with one attached hydrogen (secondary N) is 2. The molecule has 1 heterocycles. The van der Waals surface area contributed by atoms with Crippen molar-refractivity contribution in [1.82, 2.24) is 9.97 Å². The number of aromatic nitrogens is 2. The van der Waals surface area contributed by atoms with E-state index in [0.29, 0.717) is 17.5 Å². The van der Waals surface area contributed by atoms with Crippen LogP contribution in [0.15, 0.2) is 35.1 Å². The standard InChI is InChI=1S/C13H14ClN3O/c1-2-11-7-12(18)17-13(16-11)15-8-9-3-5-10(14)6-4-9/h3-7H,2,8H2,1H3,(H2,15,16,17,18). The van der Waals surface area contributed by atoms with Crippen LogP contribution in [-0.4, -0.2) is 9.97 Å². The number of hydrogen-bond acceptors (Lipinski definition) is 3. The second-order valence-corrected chi connectivity index (χ2v) is 4.36. The minimum absolute atomic E-state index is 0.138. The van der Waals surface area contributed by atoms with Crippen molar-refractivity contribution in [3.8, 4) is 0 Å². The molecule has 5 heteroatoms. The van der Waals surface area contributed by atoms with Gasteiger partial charge < -0.3 is 5.32 Å². The number of H-pyrrole nitrogens is 1. The van der Waals surface area contributed by atoms with E-state index >= 15 is 0 Å². The lowest BCUT2D eigenvalue weighted by molar-refractivity contribution is 0.959. The summed E-state index contributed by atoms with van der Waals surface area (Å²) in [6, 6.07) is 9.02. The van der Waals surface area contributed by atoms with Crippen molar-refractivity contribution in [2.24, 2.45) is 0 Å². The number of aromatic amines is 1. The zero-order valence-corrected chi connectivity index (χ0v) is 10.8. The number of nitrogens with zero attached hydrogens (tertiary/aromatic N) is 1. The van der Waals surface area contributed by atoms with Gasteiger partial charge in [0.15, 0.2) is 0 Å². The number of aryl methyl sites for hydroxylation is 1. The van der Waals surface area contributed by atoms with E-state index < -0.39 is 0 Å². The van der Waals surface area contributed by atoms with Gasteiger partial charge in [-0.25, -0.2) is 4.98 Å². The van der Waals surface area contributed by atoms with E-state index in [1.165, 1.54) is 6.07 Å². The maximum Gasteiger partial charge on any atom is 0.252 e. The molecular formula is C13H14ClN3O. The fourth-order valence-corrected chi connectivity index (χ4v) is 1.69. The predicted molar refractivity (Wildman–Crippen MR) is 73.0 cm³/mol. The summed E-state index contributed by atoms with van der Waals surface area (Å²) in [6.45, 7) is 2.55. The summed E-state index contributed by atoms with van der Waals surface area (Å²) >= 11 is 5.81. The van der Waals surface area contributed by atoms with Gasteiger partial charge in [-0.1, -0.05) is 30.7 Å². The molecular weight excluding hydrogens is 250 g/mol. The lowest BCUT2D eigenvalue weighted by atomic mass is 10.2. The second-order valence-electron chi connectivity index (χ2n) is 3.92. The summed E-state index contributed by atoms with van der Waals surface area (Å²) < 4.78 is 0. The molecule has 0 spiro atoms. The Bertz CT molecular complexity index is 578. The Kier molecular flexibility index (Phi) is 3.99. The van der Waals surface area contributed by atoms with Crippen molar-refractivity contribution in [2.45, 2.75) is 19.9 Å². The van der Waals surface area contributed by atoms with Gasteiger partial charge in [-0.15, -0.1) is 0 Å². The first-order chi connectivity index (χ1) is 8.67. The fraction of sp³-hybridized carbons (Fsp3) is 0.231. The molecule has 1 aromatic carbocycles. The van der Waals surface area contributed by atoms with Gasteiger partial charge in [-0.05, 0) is 24.1 Å². The lowest BCUT2D eigenvalue weighted by Crippen LogP contribution is -2.13. The highest BCUT2D eigenvalue weighted by atomic mass is 35.5. The van der Waals surface area contributed by atoms with E-state index in [1.54, 1.807) is 0 Å². The Morgan fingerprint density at radius 1 is 1.33 bits per heavy atom. The van der Waals surface area contributed by atoms with Crippen LogP contribution in [-0.2, 0) is 13.0 Å². The van der Waals surface area contributed by atoms with Gasteiger partial charge in [0.05, 0.1) is 0 Å². The number of anilines is 1. The number of halogens is 1. The molecule has 0 saturated heterocycles. The molecule has 0 aliphatic carbocycles. The summed E-state index contributed by atoms with van der Waals surface area (Å²) in [5, 5.41) is 3.79. The van der Waals surface area contributed by atoms with Crippen LogP contribution in [0.25, 0.3) is 0 Å². The molecule has 0 aliphatic rings. The van der Waals surface area contributed by atoms with Gasteiger partial charge in [0.25, 0.3) is 5.56 Å². The summed E-state index contributed by atoms with van der Waals surface area (Å²) in [6.07, 6.45) is 0.736. The lowest BCUT2D eigenvalue weighted by Gasteiger charge is -2.06. The highest BCUT2D eigenvalue weighted by molar-refractivity contribution is 6.30. The molecule has 94 valence electrons. The second kappa shape index (κ2) is 5.69. The third-order valence-corrected chi connectivity index (χ3v) is 2.78. The van der Waals surface area contributed by atoms with Gasteiger partial charge in [-0.2, -0.15) is 0 Å². The predicted octanol–water partition coefficient (Wildman–Crippen LogP) is 2.60. The van der Waals surface area contributed by atoms with Crippen LogP contribution < -0.4 is 10.9 Å². The van der Waals surface area contributed by atoms with Crippen molar-refractivity contribution < 1.29 is 0 Å². The molecule has 4 nitrogen and oxygen atoms in total. The molecule has 0 bridgehead atoms. The molecule has 0 amide bonds. The van der Waals surface area contributed by atoms with Crippen LogP contribution >= 0.6 is 11.6 Å². The minimum atomic E-state index is -0.138. The molecule has 0 unspecified atom stereocenters. The SMILES string of the molecule is CCc1cc(=O)[nH]c(NCc2ccc(Cl)cc2)n1. The van der Waals surface area contributed by atoms with Gasteiger partial charge in [0.1, 0.15) is 0 Å². The average molecular weight is 264 g/mol. The van der Waals surface area contributed by atoms with Gasteiger partial charge in [0.2, 0.25) is 5.95 Å². The Morgan fingerprint density at radius 3 is 2.72 bits per heavy atom. The topological polar surface area (TPSA) is 57.8 Å². The average Bonchev–Trinajstić information content (AvgIpc) is 2.37. The van der Waals surface area contributed by atoms with Gasteiger partial charge >= 0.3 is 0 Å². The van der Waals surface area contributed by atoms with Gasteiger partial charge in [-0.3, -0.25) is 9.78 Å². The molecule has 1 aromatic heterocycles. The first kappa shape index (κ1) is 12.6. The minimum Gasteiger partial charge on any atom is -0.352 e. The van der Waals surface area contributed by atoms with Crippen molar-refractivity contribution in [3.63, 3.8) is 0 Å². The monoisotopic (exact) mass is 263 g/mol. The Hall–Kier alpha value is -1.81. The van der Waals surface area contributed by atoms with E-state index in [0.717, 1.165) is 17.7 Å². The highest BCUT2D eigenvalue weighted by Gasteiger charge is 2.00. The highest BCUT2D eigenvalue weighted by Crippen LogP contribution is 2.10. The van der Waals surface area contributed by atoms with Gasteiger partial charge in [0, 0.05) is 23.3 Å². The van der Waals surface area contributed by atoms with Crippen molar-refractivity contribution in [2.75, 3.05) is 5.32 Å². The van der Waals surface area contributed by atoms with Crippen LogP contribution in [0.3, 0.4) is 0 Å². The number of rotatable bonds is 4. The van der Waals surface area contributed by atoms with Crippen LogP contribution in [0.2, 0.25) is 5.02 Å². The summed E-state index contributed by atoms with van der Waals surface area (Å²) in [7, 11) is 0. The fourth-order valence-electron chi connectivity index (χ4n) is 1.56. The van der Waals surface area contributed by atoms with Crippen molar-refractivity contribution in [3.05, 3.63) is 57.0 Å². The van der Waals surface area contributed by atoms with E-state index in [2.05, 4.69) is 15.3 Å². The van der Waals surface area contributed by atoms with E-state index in [-0.39, 0.29) is 5.56 Å². The smallest absolute Gasteiger partial charge is 0.252 e. The summed E-state index contributed by atoms with van der Waals surface area (Å²) in [5.74, 6) is 0.495. The van der Waals surface area contributed by atoms with E-state index in [9.17, 15) is 4.79 Å². The molecule has 0 fully saturated rings. The Morgan fingerprint density at radius 2 is 2.06 bits per heavy atom. The molecule has 0 aliphatic heterocycles. The van der Waals surface area contributed by atoms with Crippen LogP contribution in [0.4, 0.5) is 5.95 Å². The molecule has 0 radical (unpaired) electrons. The maximum absolute atomic E-state index is 11.4. The van der Waals surface area contributed by atoms with E-state index in [4.69, 9.17) is 11.6 Å². The van der Waals surface area contributed by atoms with Crippen LogP contribution in [0, 0.1) is 0 Å². The third kappa shape index (κ3) is 3.34. The summed E-state index contributed by atoms with van der Waals surface area (Å²) in [4.78, 5) is 18.3. The van der Waals surface area contributed by atoms with Crippen molar-refractivity contribution in [1.29, 1.82) is 0 Å². The maximum atomic E-state index is 11.4. The zero-order chi connectivity index (χ0) is 13.0. The Labute approximate surface area is 110 Å². The molecule has 0 atom stereocenters. The summed E-state index contributed by atoms with van der Waals surface area (Å²) in [5.41, 5.74) is 1.71. The van der Waals surface area contributed by atoms with E-state index in [1.807, 2.05) is 31.2 Å².